The lowest BCUT2D eigenvalue weighted by molar-refractivity contribution is 0.0867. The Kier molecular flexibility index (Phi) is 10.1. The topological polar surface area (TPSA) is 21.7 Å². The van der Waals surface area contributed by atoms with Crippen molar-refractivity contribution in [3.8, 4) is 0 Å². The average molecular weight is 390 g/mol. The molecular formula is C18H32NO2PS2. The van der Waals surface area contributed by atoms with Crippen molar-refractivity contribution in [2.75, 3.05) is 67.1 Å². The predicted octanol–water partition coefficient (Wildman–Crippen LogP) is 3.62. The van der Waals surface area contributed by atoms with Crippen LogP contribution in [0.15, 0.2) is 30.3 Å². The molecule has 0 unspecified atom stereocenters. The standard InChI is InChI=1S/C18H32NO2PS2/c1-19(11-12-22(4,5)23)14-18(15-20-2,16-21-3)24-13-17-9-7-6-8-10-17/h6-10H,11-16H2,1-5H3. The minimum absolute atomic E-state index is 0.0713. The first-order chi connectivity index (χ1) is 11.3. The molecular weight excluding hydrogens is 357 g/mol. The first kappa shape index (κ1) is 22.1. The van der Waals surface area contributed by atoms with Gasteiger partial charge in [-0.2, -0.15) is 0 Å². The van der Waals surface area contributed by atoms with Gasteiger partial charge in [0.25, 0.3) is 0 Å². The molecule has 3 nitrogen and oxygen atoms in total. The highest BCUT2D eigenvalue weighted by molar-refractivity contribution is 8.14. The lowest BCUT2D eigenvalue weighted by Gasteiger charge is -2.36. The second-order valence-electron chi connectivity index (χ2n) is 6.86. The van der Waals surface area contributed by atoms with Crippen LogP contribution < -0.4 is 0 Å². The third kappa shape index (κ3) is 8.98. The molecule has 0 heterocycles. The van der Waals surface area contributed by atoms with Crippen molar-refractivity contribution in [1.82, 2.24) is 4.90 Å². The van der Waals surface area contributed by atoms with E-state index in [4.69, 9.17) is 21.3 Å². The summed E-state index contributed by atoms with van der Waals surface area (Å²) in [6.45, 7) is 7.76. The Morgan fingerprint density at radius 3 is 2.21 bits per heavy atom. The summed E-state index contributed by atoms with van der Waals surface area (Å²) in [5, 5.41) is 0. The molecule has 0 radical (unpaired) electrons. The Bertz CT molecular complexity index is 501. The fourth-order valence-electron chi connectivity index (χ4n) is 2.58. The number of benzene rings is 1. The second kappa shape index (κ2) is 10.9. The van der Waals surface area contributed by atoms with Crippen LogP contribution in [0.4, 0.5) is 0 Å². The number of nitrogens with zero attached hydrogens (tertiary/aromatic N) is 1. The summed E-state index contributed by atoms with van der Waals surface area (Å²) in [4.78, 5) is 2.38. The monoisotopic (exact) mass is 389 g/mol. The van der Waals surface area contributed by atoms with Crippen LogP contribution >= 0.6 is 17.8 Å². The zero-order valence-corrected chi connectivity index (χ0v) is 18.2. The van der Waals surface area contributed by atoms with Gasteiger partial charge in [0.05, 0.1) is 18.0 Å². The van der Waals surface area contributed by atoms with Crippen LogP contribution in [-0.2, 0) is 27.0 Å². The van der Waals surface area contributed by atoms with Crippen molar-refractivity contribution in [3.05, 3.63) is 35.9 Å². The Labute approximate surface area is 157 Å². The van der Waals surface area contributed by atoms with Gasteiger partial charge in [-0.3, -0.25) is 0 Å². The second-order valence-corrected chi connectivity index (χ2v) is 14.9. The molecule has 0 amide bonds. The summed E-state index contributed by atoms with van der Waals surface area (Å²) in [6, 6.07) is 9.42. The van der Waals surface area contributed by atoms with Crippen molar-refractivity contribution in [2.45, 2.75) is 10.5 Å². The molecule has 0 aliphatic carbocycles. The maximum atomic E-state index is 5.59. The molecule has 1 aromatic carbocycles. The summed E-state index contributed by atoms with van der Waals surface area (Å²) in [5.74, 6) is 0.959. The third-order valence-electron chi connectivity index (χ3n) is 3.78. The molecule has 0 saturated carbocycles. The van der Waals surface area contributed by atoms with E-state index in [9.17, 15) is 0 Å². The molecule has 0 bridgehead atoms. The van der Waals surface area contributed by atoms with Crippen LogP contribution in [0.2, 0.25) is 0 Å². The van der Waals surface area contributed by atoms with E-state index >= 15 is 0 Å². The largest absolute Gasteiger partial charge is 0.383 e. The van der Waals surface area contributed by atoms with Gasteiger partial charge in [0.15, 0.2) is 0 Å². The summed E-state index contributed by atoms with van der Waals surface area (Å²) in [5.41, 5.74) is 1.33. The number of rotatable bonds is 12. The fourth-order valence-corrected chi connectivity index (χ4v) is 5.03. The van der Waals surface area contributed by atoms with E-state index in [1.165, 1.54) is 5.56 Å². The smallest absolute Gasteiger partial charge is 0.0755 e. The highest BCUT2D eigenvalue weighted by Crippen LogP contribution is 2.36. The van der Waals surface area contributed by atoms with E-state index in [2.05, 4.69) is 55.6 Å². The van der Waals surface area contributed by atoms with Crippen LogP contribution in [0.5, 0.6) is 0 Å². The maximum Gasteiger partial charge on any atom is 0.0755 e. The molecule has 0 aliphatic heterocycles. The summed E-state index contributed by atoms with van der Waals surface area (Å²) >= 11 is 7.52. The number of hydrogen-bond acceptors (Lipinski definition) is 5. The minimum Gasteiger partial charge on any atom is -0.383 e. The molecule has 138 valence electrons. The number of methoxy groups -OCH3 is 2. The lowest BCUT2D eigenvalue weighted by atomic mass is 10.1. The van der Waals surface area contributed by atoms with Crippen LogP contribution in [0, 0.1) is 0 Å². The SMILES string of the molecule is COCC(COC)(CN(C)CCP(C)(C)=S)SCc1ccccc1. The van der Waals surface area contributed by atoms with E-state index in [-0.39, 0.29) is 4.75 Å². The van der Waals surface area contributed by atoms with Gasteiger partial charge in [-0.1, -0.05) is 42.1 Å². The number of ether oxygens (including phenoxy) is 2. The quantitative estimate of drug-likeness (QED) is 0.508. The van der Waals surface area contributed by atoms with Crippen molar-refractivity contribution in [2.24, 2.45) is 0 Å². The van der Waals surface area contributed by atoms with E-state index in [0.717, 1.165) is 25.0 Å². The average Bonchev–Trinajstić information content (AvgIpc) is 2.52. The summed E-state index contributed by atoms with van der Waals surface area (Å²) in [7, 11) is 5.71. The van der Waals surface area contributed by atoms with Gasteiger partial charge in [0.2, 0.25) is 0 Å². The lowest BCUT2D eigenvalue weighted by Crippen LogP contribution is -2.46. The molecule has 6 heteroatoms. The van der Waals surface area contributed by atoms with Crippen molar-refractivity contribution in [1.29, 1.82) is 0 Å². The van der Waals surface area contributed by atoms with Crippen molar-refractivity contribution >= 4 is 29.6 Å². The van der Waals surface area contributed by atoms with Crippen molar-refractivity contribution in [3.63, 3.8) is 0 Å². The molecule has 0 N–H and O–H groups in total. The number of hydrogen-bond donors (Lipinski definition) is 0. The molecule has 1 aromatic rings. The molecule has 0 saturated heterocycles. The Balaban J connectivity index is 2.74. The van der Waals surface area contributed by atoms with Gasteiger partial charge in [-0.05, 0) is 38.1 Å². The third-order valence-corrected chi connectivity index (χ3v) is 7.06. The molecule has 0 aliphatic rings. The van der Waals surface area contributed by atoms with E-state index < -0.39 is 6.04 Å². The normalized spacial score (nSPS) is 12.8. The van der Waals surface area contributed by atoms with E-state index in [1.807, 2.05) is 11.8 Å². The summed E-state index contributed by atoms with van der Waals surface area (Å²) < 4.78 is 11.0. The maximum absolute atomic E-state index is 5.59. The van der Waals surface area contributed by atoms with Gasteiger partial charge < -0.3 is 14.4 Å². The minimum atomic E-state index is -1.16. The van der Waals surface area contributed by atoms with Gasteiger partial charge >= 0.3 is 0 Å². The van der Waals surface area contributed by atoms with Crippen LogP contribution in [0.3, 0.4) is 0 Å². The molecule has 0 aromatic heterocycles. The first-order valence-corrected chi connectivity index (χ1v) is 13.1. The van der Waals surface area contributed by atoms with Gasteiger partial charge in [-0.25, -0.2) is 0 Å². The zero-order valence-electron chi connectivity index (χ0n) is 15.7. The summed E-state index contributed by atoms with van der Waals surface area (Å²) in [6.07, 6.45) is 1.11. The van der Waals surface area contributed by atoms with Gasteiger partial charge in [0.1, 0.15) is 0 Å². The Morgan fingerprint density at radius 1 is 1.12 bits per heavy atom. The van der Waals surface area contributed by atoms with Crippen molar-refractivity contribution < 1.29 is 9.47 Å². The molecule has 0 spiro atoms. The van der Waals surface area contributed by atoms with E-state index in [1.54, 1.807) is 14.2 Å². The van der Waals surface area contributed by atoms with Crippen LogP contribution in [0.25, 0.3) is 0 Å². The van der Waals surface area contributed by atoms with Crippen LogP contribution in [0.1, 0.15) is 5.56 Å². The van der Waals surface area contributed by atoms with Gasteiger partial charge in [0, 0.05) is 33.1 Å². The molecule has 24 heavy (non-hydrogen) atoms. The number of thioether (sulfide) groups is 1. The first-order valence-electron chi connectivity index (χ1n) is 8.18. The Hall–Kier alpha value is 0.100. The highest BCUT2D eigenvalue weighted by atomic mass is 32.4. The fraction of sp³-hybridized carbons (Fsp3) is 0.667. The van der Waals surface area contributed by atoms with E-state index in [0.29, 0.717) is 13.2 Å². The zero-order chi connectivity index (χ0) is 18.1. The predicted molar refractivity (Wildman–Crippen MR) is 113 cm³/mol. The molecule has 0 fully saturated rings. The Morgan fingerprint density at radius 2 is 1.71 bits per heavy atom. The highest BCUT2D eigenvalue weighted by Gasteiger charge is 2.32. The van der Waals surface area contributed by atoms with Gasteiger partial charge in [-0.15, -0.1) is 11.8 Å². The molecule has 0 atom stereocenters. The van der Waals surface area contributed by atoms with Crippen LogP contribution in [-0.4, -0.2) is 76.7 Å². The molecule has 1 rings (SSSR count).